The third-order valence-electron chi connectivity index (χ3n) is 7.52. The van der Waals surface area contributed by atoms with E-state index >= 15 is 0 Å². The summed E-state index contributed by atoms with van der Waals surface area (Å²) in [6, 6.07) is 6.54. The van der Waals surface area contributed by atoms with Crippen LogP contribution in [0.25, 0.3) is 32.7 Å². The van der Waals surface area contributed by atoms with Crippen molar-refractivity contribution in [3.8, 4) is 45.6 Å². The third-order valence-corrected chi connectivity index (χ3v) is 7.52. The lowest BCUT2D eigenvalue weighted by Crippen LogP contribution is -2.17. The minimum Gasteiger partial charge on any atom is -0.507 e. The molecule has 0 spiro atoms. The Morgan fingerprint density at radius 2 is 0.789 bits per heavy atom. The third kappa shape index (κ3) is 4.03. The summed E-state index contributed by atoms with van der Waals surface area (Å²) in [4.78, 5) is 0. The highest BCUT2D eigenvalue weighted by Crippen LogP contribution is 2.54. The number of aromatic hydroxyl groups is 6. The van der Waals surface area contributed by atoms with E-state index in [1.807, 2.05) is 67.5 Å². The molecule has 6 heteroatoms. The Morgan fingerprint density at radius 1 is 0.474 bits per heavy atom. The summed E-state index contributed by atoms with van der Waals surface area (Å²) in [5.74, 6) is -1.30. The number of hydrogen-bond acceptors (Lipinski definition) is 6. The zero-order chi connectivity index (χ0) is 28.5. The molecule has 0 amide bonds. The molecule has 0 aromatic heterocycles. The smallest absolute Gasteiger partial charge is 0.161 e. The first-order chi connectivity index (χ1) is 17.5. The monoisotopic (exact) mass is 518 g/mol. The summed E-state index contributed by atoms with van der Waals surface area (Å²) < 4.78 is 0. The predicted molar refractivity (Wildman–Crippen MR) is 153 cm³/mol. The molecule has 202 valence electrons. The Hall–Kier alpha value is -3.80. The van der Waals surface area contributed by atoms with Crippen molar-refractivity contribution in [3.05, 3.63) is 46.5 Å². The minimum atomic E-state index is -0.484. The first-order valence-corrected chi connectivity index (χ1v) is 13.0. The molecule has 0 radical (unpaired) electrons. The maximum Gasteiger partial charge on any atom is 0.161 e. The molecule has 0 aliphatic heterocycles. The summed E-state index contributed by atoms with van der Waals surface area (Å²) in [6.07, 6.45) is 0.881. The molecule has 38 heavy (non-hydrogen) atoms. The van der Waals surface area contributed by atoms with Gasteiger partial charge in [-0.1, -0.05) is 55.4 Å². The zero-order valence-electron chi connectivity index (χ0n) is 23.4. The fourth-order valence-corrected chi connectivity index (χ4v) is 5.54. The molecule has 4 rings (SSSR count). The fourth-order valence-electron chi connectivity index (χ4n) is 5.54. The highest BCUT2D eigenvalue weighted by Gasteiger charge is 2.32. The van der Waals surface area contributed by atoms with Gasteiger partial charge in [0.2, 0.25) is 0 Å². The lowest BCUT2D eigenvalue weighted by atomic mass is 9.74. The van der Waals surface area contributed by atoms with E-state index in [4.69, 9.17) is 0 Å². The molecule has 0 atom stereocenters. The number of hydrogen-bond donors (Lipinski definition) is 6. The molecule has 0 saturated heterocycles. The molecule has 0 saturated carbocycles. The summed E-state index contributed by atoms with van der Waals surface area (Å²) in [6.45, 7) is 15.8. The average Bonchev–Trinajstić information content (AvgIpc) is 2.81. The van der Waals surface area contributed by atoms with Crippen LogP contribution in [0.2, 0.25) is 0 Å². The second-order valence-corrected chi connectivity index (χ2v) is 12.1. The van der Waals surface area contributed by atoms with E-state index in [0.717, 1.165) is 11.1 Å². The van der Waals surface area contributed by atoms with E-state index in [1.165, 1.54) is 12.1 Å². The van der Waals surface area contributed by atoms with Gasteiger partial charge in [0, 0.05) is 33.0 Å². The molecule has 6 nitrogen and oxygen atoms in total. The molecule has 0 bridgehead atoms. The predicted octanol–water partition coefficient (Wildman–Crippen LogP) is 7.61. The minimum absolute atomic E-state index is 0.115. The quantitative estimate of drug-likeness (QED) is 0.155. The van der Waals surface area contributed by atoms with Crippen LogP contribution in [0.1, 0.15) is 77.6 Å². The van der Waals surface area contributed by atoms with Crippen molar-refractivity contribution in [2.24, 2.45) is 0 Å². The van der Waals surface area contributed by atoms with Gasteiger partial charge in [-0.3, -0.25) is 0 Å². The van der Waals surface area contributed by atoms with Crippen molar-refractivity contribution in [1.29, 1.82) is 0 Å². The van der Waals surface area contributed by atoms with Crippen molar-refractivity contribution in [2.75, 3.05) is 0 Å². The van der Waals surface area contributed by atoms with E-state index < -0.39 is 10.8 Å². The SMILES string of the molecule is CCc1c(O)c(O)cc2c(O)c(-c3c(C(C)(C)C)cc4c(CC)c(O)c(O)cc4c3O)c(C(C)(C)C)cc12. The van der Waals surface area contributed by atoms with E-state index in [1.54, 1.807) is 0 Å². The van der Waals surface area contributed by atoms with Gasteiger partial charge in [0.25, 0.3) is 0 Å². The van der Waals surface area contributed by atoms with Gasteiger partial charge in [-0.05, 0) is 69.8 Å². The molecule has 0 heterocycles. The summed E-state index contributed by atoms with van der Waals surface area (Å²) in [5, 5.41) is 67.8. The van der Waals surface area contributed by atoms with Crippen LogP contribution in [0.4, 0.5) is 0 Å². The molecule has 4 aromatic rings. The maximum absolute atomic E-state index is 11.9. The second-order valence-electron chi connectivity index (χ2n) is 12.1. The number of rotatable bonds is 3. The van der Waals surface area contributed by atoms with Crippen LogP contribution in [0, 0.1) is 0 Å². The van der Waals surface area contributed by atoms with Crippen molar-refractivity contribution in [1.82, 2.24) is 0 Å². The summed E-state index contributed by atoms with van der Waals surface area (Å²) >= 11 is 0. The number of phenolic OH excluding ortho intramolecular Hbond substituents is 6. The maximum atomic E-state index is 11.9. The largest absolute Gasteiger partial charge is 0.507 e. The highest BCUT2D eigenvalue weighted by molar-refractivity contribution is 6.06. The fraction of sp³-hybridized carbons (Fsp3) is 0.375. The lowest BCUT2D eigenvalue weighted by Gasteiger charge is -2.31. The van der Waals surface area contributed by atoms with E-state index in [9.17, 15) is 30.6 Å². The molecular formula is C32H38O6. The zero-order valence-corrected chi connectivity index (χ0v) is 23.4. The van der Waals surface area contributed by atoms with Gasteiger partial charge in [-0.15, -0.1) is 0 Å². The van der Waals surface area contributed by atoms with Crippen LogP contribution in [-0.2, 0) is 23.7 Å². The standard InChI is InChI=1S/C32H38O6/c1-9-15-17-11-21(31(3,4)5)25(29(37)19(17)13-23(33)27(15)35)26-22(32(6,7)8)12-18-16(10-2)28(36)24(34)14-20(18)30(26)38/h11-14,33-38H,9-10H2,1-8H3. The van der Waals surface area contributed by atoms with E-state index in [0.29, 0.717) is 56.6 Å². The summed E-state index contributed by atoms with van der Waals surface area (Å²) in [5.41, 5.74) is 2.43. The number of phenols is 6. The molecule has 0 aliphatic carbocycles. The normalized spacial score (nSPS) is 12.5. The first-order valence-electron chi connectivity index (χ1n) is 13.0. The Morgan fingerprint density at radius 3 is 1.05 bits per heavy atom. The van der Waals surface area contributed by atoms with E-state index in [2.05, 4.69) is 0 Å². The van der Waals surface area contributed by atoms with Gasteiger partial charge < -0.3 is 30.6 Å². The van der Waals surface area contributed by atoms with Gasteiger partial charge in [-0.25, -0.2) is 0 Å². The van der Waals surface area contributed by atoms with E-state index in [-0.39, 0.29) is 34.5 Å². The Kier molecular flexibility index (Phi) is 6.38. The molecule has 4 aromatic carbocycles. The molecule has 0 aliphatic rings. The first kappa shape index (κ1) is 27.2. The van der Waals surface area contributed by atoms with Crippen molar-refractivity contribution in [2.45, 2.75) is 79.1 Å². The lowest BCUT2D eigenvalue weighted by molar-refractivity contribution is 0.400. The number of benzene rings is 4. The molecule has 0 unspecified atom stereocenters. The molecule has 6 N–H and O–H groups in total. The van der Waals surface area contributed by atoms with Gasteiger partial charge in [0.15, 0.2) is 23.0 Å². The Balaban J connectivity index is 2.33. The van der Waals surface area contributed by atoms with Crippen LogP contribution >= 0.6 is 0 Å². The van der Waals surface area contributed by atoms with Gasteiger partial charge >= 0.3 is 0 Å². The van der Waals surface area contributed by atoms with Crippen molar-refractivity contribution >= 4 is 21.5 Å². The Bertz CT molecular complexity index is 1480. The van der Waals surface area contributed by atoms with Crippen LogP contribution in [0.3, 0.4) is 0 Å². The van der Waals surface area contributed by atoms with Gasteiger partial charge in [0.1, 0.15) is 11.5 Å². The van der Waals surface area contributed by atoms with Crippen LogP contribution in [0.5, 0.6) is 34.5 Å². The van der Waals surface area contributed by atoms with Gasteiger partial charge in [0.05, 0.1) is 0 Å². The van der Waals surface area contributed by atoms with Crippen molar-refractivity contribution < 1.29 is 30.6 Å². The number of aryl methyl sites for hydroxylation is 2. The molecular weight excluding hydrogens is 480 g/mol. The van der Waals surface area contributed by atoms with Crippen LogP contribution in [0.15, 0.2) is 24.3 Å². The van der Waals surface area contributed by atoms with Crippen LogP contribution < -0.4 is 0 Å². The topological polar surface area (TPSA) is 121 Å². The van der Waals surface area contributed by atoms with Crippen molar-refractivity contribution in [3.63, 3.8) is 0 Å². The van der Waals surface area contributed by atoms with Gasteiger partial charge in [-0.2, -0.15) is 0 Å². The molecule has 0 fully saturated rings. The van der Waals surface area contributed by atoms with Crippen LogP contribution in [-0.4, -0.2) is 30.6 Å². The Labute approximate surface area is 223 Å². The number of fused-ring (bicyclic) bond motifs is 2. The average molecular weight is 519 g/mol. The summed E-state index contributed by atoms with van der Waals surface area (Å²) in [7, 11) is 0. The highest BCUT2D eigenvalue weighted by atomic mass is 16.3. The second kappa shape index (κ2) is 8.90.